The molecular weight excluding hydrogens is 409 g/mol. The van der Waals surface area contributed by atoms with Gasteiger partial charge in [-0.1, -0.05) is 78.5 Å². The summed E-state index contributed by atoms with van der Waals surface area (Å²) >= 11 is 1.32. The van der Waals surface area contributed by atoms with E-state index in [4.69, 9.17) is 0 Å². The first-order valence-electron chi connectivity index (χ1n) is 9.81. The van der Waals surface area contributed by atoms with Crippen molar-refractivity contribution in [2.45, 2.75) is 11.6 Å². The fraction of sp³-hybridized carbons (Fsp3) is 0.0800. The number of hydrogen-bond acceptors (Lipinski definition) is 4. The first kappa shape index (κ1) is 20.8. The van der Waals surface area contributed by atoms with Crippen LogP contribution in [0, 0.1) is 5.82 Å². The van der Waals surface area contributed by atoms with E-state index in [-0.39, 0.29) is 17.5 Å². The maximum absolute atomic E-state index is 12.9. The third-order valence-corrected chi connectivity index (χ3v) is 5.60. The number of amides is 1. The second-order valence-electron chi connectivity index (χ2n) is 6.89. The van der Waals surface area contributed by atoms with Crippen molar-refractivity contribution >= 4 is 17.7 Å². The van der Waals surface area contributed by atoms with Crippen molar-refractivity contribution in [3.63, 3.8) is 0 Å². The Kier molecular flexibility index (Phi) is 6.69. The molecule has 3 aromatic carbocycles. The number of aromatic nitrogens is 2. The van der Waals surface area contributed by atoms with Crippen LogP contribution in [-0.4, -0.2) is 21.9 Å². The van der Waals surface area contributed by atoms with Gasteiger partial charge in [-0.2, -0.15) is 0 Å². The Balaban J connectivity index is 1.30. The van der Waals surface area contributed by atoms with Gasteiger partial charge in [0.05, 0.1) is 11.4 Å². The van der Waals surface area contributed by atoms with Gasteiger partial charge in [-0.25, -0.2) is 4.39 Å². The van der Waals surface area contributed by atoms with E-state index < -0.39 is 0 Å². The summed E-state index contributed by atoms with van der Waals surface area (Å²) in [6, 6.07) is 28.2. The van der Waals surface area contributed by atoms with Crippen LogP contribution in [0.5, 0.6) is 0 Å². The van der Waals surface area contributed by atoms with Crippen molar-refractivity contribution < 1.29 is 9.18 Å². The molecule has 6 heteroatoms. The molecular formula is C25H20FN3OS. The van der Waals surface area contributed by atoms with Gasteiger partial charge in [0.2, 0.25) is 5.91 Å². The van der Waals surface area contributed by atoms with E-state index >= 15 is 0 Å². The smallest absolute Gasteiger partial charge is 0.230 e. The third kappa shape index (κ3) is 5.77. The van der Waals surface area contributed by atoms with Crippen LogP contribution in [0.3, 0.4) is 0 Å². The van der Waals surface area contributed by atoms with E-state index in [0.29, 0.717) is 11.6 Å². The van der Waals surface area contributed by atoms with Crippen LogP contribution in [0.15, 0.2) is 96.0 Å². The highest BCUT2D eigenvalue weighted by atomic mass is 32.2. The molecule has 31 heavy (non-hydrogen) atoms. The average molecular weight is 430 g/mol. The van der Waals surface area contributed by atoms with Gasteiger partial charge in [-0.15, -0.1) is 10.2 Å². The monoisotopic (exact) mass is 429 g/mol. The lowest BCUT2D eigenvalue weighted by Crippen LogP contribution is -2.24. The average Bonchev–Trinajstić information content (AvgIpc) is 2.83. The maximum atomic E-state index is 12.9. The van der Waals surface area contributed by atoms with Crippen molar-refractivity contribution in [2.24, 2.45) is 0 Å². The number of hydrogen-bond donors (Lipinski definition) is 1. The number of rotatable bonds is 7. The molecule has 4 rings (SSSR count). The zero-order valence-electron chi connectivity index (χ0n) is 16.7. The molecule has 0 fully saturated rings. The Bertz CT molecular complexity index is 1130. The van der Waals surface area contributed by atoms with E-state index in [1.165, 1.54) is 29.5 Å². The third-order valence-electron chi connectivity index (χ3n) is 4.68. The highest BCUT2D eigenvalue weighted by Gasteiger charge is 2.06. The van der Waals surface area contributed by atoms with Gasteiger partial charge in [0.1, 0.15) is 10.8 Å². The van der Waals surface area contributed by atoms with Gasteiger partial charge < -0.3 is 5.32 Å². The quantitative estimate of drug-likeness (QED) is 0.402. The molecule has 0 aliphatic rings. The molecule has 1 heterocycles. The SMILES string of the molecule is O=C(CSc1ccc(-c2ccc(-c3ccccc3)cc2)nn1)NCc1ccc(F)cc1. The van der Waals surface area contributed by atoms with E-state index in [2.05, 4.69) is 39.8 Å². The normalized spacial score (nSPS) is 10.6. The van der Waals surface area contributed by atoms with Crippen molar-refractivity contribution in [1.29, 1.82) is 0 Å². The Labute approximate surface area is 184 Å². The number of carbonyl (C=O) groups excluding carboxylic acids is 1. The summed E-state index contributed by atoms with van der Waals surface area (Å²) in [6.45, 7) is 0.364. The minimum absolute atomic E-state index is 0.114. The molecule has 0 saturated heterocycles. The highest BCUT2D eigenvalue weighted by Crippen LogP contribution is 2.24. The van der Waals surface area contributed by atoms with Crippen LogP contribution in [0.2, 0.25) is 0 Å². The van der Waals surface area contributed by atoms with E-state index in [9.17, 15) is 9.18 Å². The number of carbonyl (C=O) groups is 1. The van der Waals surface area contributed by atoms with Gasteiger partial charge in [-0.3, -0.25) is 4.79 Å². The fourth-order valence-corrected chi connectivity index (χ4v) is 3.65. The molecule has 0 atom stereocenters. The van der Waals surface area contributed by atoms with Gasteiger partial charge in [0.15, 0.2) is 0 Å². The van der Waals surface area contributed by atoms with Crippen molar-refractivity contribution in [2.75, 3.05) is 5.75 Å². The lowest BCUT2D eigenvalue weighted by Gasteiger charge is -2.06. The van der Waals surface area contributed by atoms with Crippen LogP contribution in [0.4, 0.5) is 4.39 Å². The molecule has 1 aromatic heterocycles. The predicted molar refractivity (Wildman–Crippen MR) is 122 cm³/mol. The summed E-state index contributed by atoms with van der Waals surface area (Å²) in [5.41, 5.74) is 4.94. The summed E-state index contributed by atoms with van der Waals surface area (Å²) in [5.74, 6) is -0.169. The summed E-state index contributed by atoms with van der Waals surface area (Å²) in [4.78, 5) is 12.0. The second-order valence-corrected chi connectivity index (χ2v) is 7.89. The predicted octanol–water partition coefficient (Wildman–Crippen LogP) is 5.36. The molecule has 4 aromatic rings. The standard InChI is InChI=1S/C25H20FN3OS/c26-22-12-6-18(7-13-22)16-27-24(30)17-31-25-15-14-23(28-29-25)21-10-8-20(9-11-21)19-4-2-1-3-5-19/h1-15H,16-17H2,(H,27,30). The maximum Gasteiger partial charge on any atom is 0.230 e. The molecule has 0 unspecified atom stereocenters. The molecule has 154 valence electrons. The number of thioether (sulfide) groups is 1. The van der Waals surface area contributed by atoms with Crippen LogP contribution < -0.4 is 5.32 Å². The molecule has 0 aliphatic carbocycles. The molecule has 0 saturated carbocycles. The summed E-state index contributed by atoms with van der Waals surface area (Å²) in [6.07, 6.45) is 0. The first-order valence-corrected chi connectivity index (χ1v) is 10.8. The van der Waals surface area contributed by atoms with Crippen LogP contribution in [0.25, 0.3) is 22.4 Å². The molecule has 0 aliphatic heterocycles. The highest BCUT2D eigenvalue weighted by molar-refractivity contribution is 7.99. The molecule has 0 radical (unpaired) electrons. The number of nitrogens with zero attached hydrogens (tertiary/aromatic N) is 2. The Hall–Kier alpha value is -3.51. The van der Waals surface area contributed by atoms with Crippen LogP contribution in [0.1, 0.15) is 5.56 Å². The fourth-order valence-electron chi connectivity index (χ4n) is 3.01. The number of benzene rings is 3. The zero-order chi connectivity index (χ0) is 21.5. The Morgan fingerprint density at radius 2 is 1.45 bits per heavy atom. The van der Waals surface area contributed by atoms with Gasteiger partial charge in [0.25, 0.3) is 0 Å². The van der Waals surface area contributed by atoms with Gasteiger partial charge in [-0.05, 0) is 41.0 Å². The van der Waals surface area contributed by atoms with Gasteiger partial charge >= 0.3 is 0 Å². The Morgan fingerprint density at radius 3 is 2.13 bits per heavy atom. The van der Waals surface area contributed by atoms with E-state index in [0.717, 1.165) is 22.4 Å². The molecule has 4 nitrogen and oxygen atoms in total. The second kappa shape index (κ2) is 10.00. The van der Waals surface area contributed by atoms with Crippen LogP contribution in [-0.2, 0) is 11.3 Å². The Morgan fingerprint density at radius 1 is 0.774 bits per heavy atom. The largest absolute Gasteiger partial charge is 0.351 e. The van der Waals surface area contributed by atoms with Crippen LogP contribution >= 0.6 is 11.8 Å². The summed E-state index contributed by atoms with van der Waals surface area (Å²) in [7, 11) is 0. The molecule has 1 amide bonds. The number of halogens is 1. The van der Waals surface area contributed by atoms with E-state index in [1.807, 2.05) is 42.5 Å². The topological polar surface area (TPSA) is 54.9 Å². The lowest BCUT2D eigenvalue weighted by atomic mass is 10.0. The van der Waals surface area contributed by atoms with Crippen molar-refractivity contribution in [3.05, 3.63) is 102 Å². The minimum Gasteiger partial charge on any atom is -0.351 e. The lowest BCUT2D eigenvalue weighted by molar-refractivity contribution is -0.118. The molecule has 1 N–H and O–H groups in total. The number of nitrogens with one attached hydrogen (secondary N) is 1. The minimum atomic E-state index is -0.292. The first-order chi connectivity index (χ1) is 15.2. The molecule has 0 spiro atoms. The van der Waals surface area contributed by atoms with Crippen molar-refractivity contribution in [1.82, 2.24) is 15.5 Å². The summed E-state index contributed by atoms with van der Waals surface area (Å²) in [5, 5.41) is 12.0. The van der Waals surface area contributed by atoms with Crippen molar-refractivity contribution in [3.8, 4) is 22.4 Å². The van der Waals surface area contributed by atoms with E-state index in [1.54, 1.807) is 12.1 Å². The molecule has 0 bridgehead atoms. The van der Waals surface area contributed by atoms with Gasteiger partial charge in [0, 0.05) is 12.1 Å². The zero-order valence-corrected chi connectivity index (χ0v) is 17.5. The summed E-state index contributed by atoms with van der Waals surface area (Å²) < 4.78 is 12.9.